The Kier molecular flexibility index (Phi) is 3.59. The number of hydrogen-bond acceptors (Lipinski definition) is 2. The van der Waals surface area contributed by atoms with Gasteiger partial charge in [0.2, 0.25) is 0 Å². The maximum atomic E-state index is 13.6. The number of aromatic nitrogens is 1. The maximum Gasteiger partial charge on any atom is 0.307 e. The number of nitrogens with zero attached hydrogens (tertiary/aromatic N) is 1. The van der Waals surface area contributed by atoms with Gasteiger partial charge in [-0.3, -0.25) is 9.78 Å². The van der Waals surface area contributed by atoms with Crippen molar-refractivity contribution in [1.82, 2.24) is 4.98 Å². The van der Waals surface area contributed by atoms with E-state index in [0.717, 1.165) is 22.3 Å². The van der Waals surface area contributed by atoms with Crippen molar-refractivity contribution in [3.63, 3.8) is 0 Å². The Morgan fingerprint density at radius 1 is 1.23 bits per heavy atom. The SMILES string of the molecule is CC1=C(CC(=O)O)c2cc(F)ccc2C1=Cc1ccncc1. The van der Waals surface area contributed by atoms with Crippen LogP contribution in [-0.2, 0) is 4.79 Å². The van der Waals surface area contributed by atoms with Crippen LogP contribution in [0.25, 0.3) is 17.2 Å². The number of halogens is 1. The molecule has 1 aliphatic rings. The van der Waals surface area contributed by atoms with Gasteiger partial charge in [-0.25, -0.2) is 4.39 Å². The van der Waals surface area contributed by atoms with Crippen LogP contribution < -0.4 is 0 Å². The molecule has 1 N–H and O–H groups in total. The number of benzene rings is 1. The van der Waals surface area contributed by atoms with Gasteiger partial charge in [-0.15, -0.1) is 0 Å². The molecule has 0 unspecified atom stereocenters. The van der Waals surface area contributed by atoms with Crippen molar-refractivity contribution in [3.05, 3.63) is 70.8 Å². The van der Waals surface area contributed by atoms with Crippen LogP contribution in [0.4, 0.5) is 4.39 Å². The van der Waals surface area contributed by atoms with Crippen LogP contribution in [0.2, 0.25) is 0 Å². The molecule has 0 radical (unpaired) electrons. The number of carbonyl (C=O) groups is 1. The lowest BCUT2D eigenvalue weighted by molar-refractivity contribution is -0.135. The van der Waals surface area contributed by atoms with Gasteiger partial charge in [0.05, 0.1) is 6.42 Å². The summed E-state index contributed by atoms with van der Waals surface area (Å²) in [5.41, 5.74) is 4.97. The molecular weight excluding hydrogens is 281 g/mol. The first-order chi connectivity index (χ1) is 10.6. The lowest BCUT2D eigenvalue weighted by atomic mass is 10.0. The van der Waals surface area contributed by atoms with Crippen molar-refractivity contribution in [2.45, 2.75) is 13.3 Å². The van der Waals surface area contributed by atoms with Gasteiger partial charge in [-0.2, -0.15) is 0 Å². The normalized spacial score (nSPS) is 15.3. The van der Waals surface area contributed by atoms with Gasteiger partial charge < -0.3 is 5.11 Å². The predicted octanol–water partition coefficient (Wildman–Crippen LogP) is 4.02. The Morgan fingerprint density at radius 2 is 1.95 bits per heavy atom. The summed E-state index contributed by atoms with van der Waals surface area (Å²) in [5, 5.41) is 9.11. The van der Waals surface area contributed by atoms with E-state index in [1.165, 1.54) is 12.1 Å². The van der Waals surface area contributed by atoms with E-state index < -0.39 is 5.97 Å². The largest absolute Gasteiger partial charge is 0.481 e. The van der Waals surface area contributed by atoms with Crippen LogP contribution >= 0.6 is 0 Å². The van der Waals surface area contributed by atoms with Gasteiger partial charge in [0.1, 0.15) is 5.82 Å². The minimum Gasteiger partial charge on any atom is -0.481 e. The third kappa shape index (κ3) is 2.55. The average Bonchev–Trinajstić information content (AvgIpc) is 2.73. The summed E-state index contributed by atoms with van der Waals surface area (Å²) in [6.45, 7) is 1.88. The molecule has 1 heterocycles. The van der Waals surface area contributed by atoms with Crippen LogP contribution in [0.5, 0.6) is 0 Å². The highest BCUT2D eigenvalue weighted by molar-refractivity contribution is 6.07. The van der Waals surface area contributed by atoms with Gasteiger partial charge >= 0.3 is 5.97 Å². The minimum atomic E-state index is -0.922. The molecule has 0 saturated carbocycles. The predicted molar refractivity (Wildman–Crippen MR) is 83.4 cm³/mol. The molecule has 2 aromatic rings. The zero-order valence-electron chi connectivity index (χ0n) is 12.0. The maximum absolute atomic E-state index is 13.6. The number of pyridine rings is 1. The van der Waals surface area contributed by atoms with Crippen LogP contribution in [0.1, 0.15) is 30.0 Å². The fourth-order valence-electron chi connectivity index (χ4n) is 2.76. The summed E-state index contributed by atoms with van der Waals surface area (Å²) >= 11 is 0. The summed E-state index contributed by atoms with van der Waals surface area (Å²) in [4.78, 5) is 15.1. The summed E-state index contributed by atoms with van der Waals surface area (Å²) in [6.07, 6.45) is 5.26. The van der Waals surface area contributed by atoms with E-state index in [4.69, 9.17) is 5.11 Å². The fourth-order valence-corrected chi connectivity index (χ4v) is 2.76. The molecule has 110 valence electrons. The van der Waals surface area contributed by atoms with Crippen molar-refractivity contribution < 1.29 is 14.3 Å². The third-order valence-corrected chi connectivity index (χ3v) is 3.80. The van der Waals surface area contributed by atoms with E-state index in [-0.39, 0.29) is 12.2 Å². The Bertz CT molecular complexity index is 807. The Morgan fingerprint density at radius 3 is 2.64 bits per heavy atom. The van der Waals surface area contributed by atoms with Gasteiger partial charge in [0.15, 0.2) is 0 Å². The molecule has 0 fully saturated rings. The summed E-state index contributed by atoms with van der Waals surface area (Å²) in [6, 6.07) is 8.26. The first kappa shape index (κ1) is 14.2. The first-order valence-electron chi connectivity index (χ1n) is 6.90. The number of carboxylic acids is 1. The molecule has 0 spiro atoms. The second-order valence-corrected chi connectivity index (χ2v) is 5.20. The lowest BCUT2D eigenvalue weighted by Crippen LogP contribution is -1.97. The first-order valence-corrected chi connectivity index (χ1v) is 6.90. The molecule has 3 rings (SSSR count). The zero-order valence-corrected chi connectivity index (χ0v) is 12.0. The van der Waals surface area contributed by atoms with Gasteiger partial charge in [-0.05, 0) is 70.7 Å². The van der Waals surface area contributed by atoms with E-state index in [9.17, 15) is 9.18 Å². The van der Waals surface area contributed by atoms with E-state index in [1.807, 2.05) is 25.1 Å². The molecule has 22 heavy (non-hydrogen) atoms. The second kappa shape index (κ2) is 5.56. The smallest absolute Gasteiger partial charge is 0.307 e. The molecule has 0 amide bonds. The quantitative estimate of drug-likeness (QED) is 0.930. The van der Waals surface area contributed by atoms with Gasteiger partial charge in [0.25, 0.3) is 0 Å². The van der Waals surface area contributed by atoms with Crippen LogP contribution in [0.15, 0.2) is 48.3 Å². The monoisotopic (exact) mass is 295 g/mol. The number of allylic oxidation sites excluding steroid dienone is 2. The lowest BCUT2D eigenvalue weighted by Gasteiger charge is -2.04. The number of carboxylic acid groups (broad SMARTS) is 1. The molecule has 0 atom stereocenters. The standard InChI is InChI=1S/C18H14FNO2/c1-11-15(8-12-4-6-20-7-5-12)14-3-2-13(19)9-17(14)16(11)10-18(21)22/h2-9H,10H2,1H3,(H,21,22). The molecule has 1 aromatic heterocycles. The number of aliphatic carboxylic acids is 1. The molecule has 1 aromatic carbocycles. The molecule has 4 heteroatoms. The highest BCUT2D eigenvalue weighted by Gasteiger charge is 2.25. The minimum absolute atomic E-state index is 0.115. The molecule has 1 aliphatic carbocycles. The van der Waals surface area contributed by atoms with Crippen LogP contribution in [-0.4, -0.2) is 16.1 Å². The van der Waals surface area contributed by atoms with Crippen molar-refractivity contribution in [3.8, 4) is 0 Å². The second-order valence-electron chi connectivity index (χ2n) is 5.20. The van der Waals surface area contributed by atoms with Crippen molar-refractivity contribution >= 4 is 23.2 Å². The van der Waals surface area contributed by atoms with Gasteiger partial charge in [-0.1, -0.05) is 6.07 Å². The molecular formula is C18H14FNO2. The van der Waals surface area contributed by atoms with E-state index in [1.54, 1.807) is 18.5 Å². The summed E-state index contributed by atoms with van der Waals surface area (Å²) in [7, 11) is 0. The van der Waals surface area contributed by atoms with Crippen LogP contribution in [0.3, 0.4) is 0 Å². The molecule has 0 aliphatic heterocycles. The number of rotatable bonds is 3. The molecule has 3 nitrogen and oxygen atoms in total. The van der Waals surface area contributed by atoms with Crippen molar-refractivity contribution in [2.75, 3.05) is 0 Å². The third-order valence-electron chi connectivity index (χ3n) is 3.80. The van der Waals surface area contributed by atoms with Crippen molar-refractivity contribution in [1.29, 1.82) is 0 Å². The Hall–Kier alpha value is -2.75. The van der Waals surface area contributed by atoms with Gasteiger partial charge in [0, 0.05) is 12.4 Å². The highest BCUT2D eigenvalue weighted by atomic mass is 19.1. The Labute approximate surface area is 127 Å². The molecule has 0 bridgehead atoms. The number of fused-ring (bicyclic) bond motifs is 1. The fraction of sp³-hybridized carbons (Fsp3) is 0.111. The summed E-state index contributed by atoms with van der Waals surface area (Å²) < 4.78 is 13.6. The highest BCUT2D eigenvalue weighted by Crippen LogP contribution is 2.43. The van der Waals surface area contributed by atoms with Crippen molar-refractivity contribution in [2.24, 2.45) is 0 Å². The van der Waals surface area contributed by atoms with E-state index >= 15 is 0 Å². The summed E-state index contributed by atoms with van der Waals surface area (Å²) in [5.74, 6) is -1.28. The van der Waals surface area contributed by atoms with Crippen LogP contribution in [0, 0.1) is 5.82 Å². The van der Waals surface area contributed by atoms with E-state index in [0.29, 0.717) is 11.1 Å². The molecule has 0 saturated heterocycles. The Balaban J connectivity index is 2.17. The topological polar surface area (TPSA) is 50.2 Å². The number of hydrogen-bond donors (Lipinski definition) is 1. The average molecular weight is 295 g/mol. The zero-order chi connectivity index (χ0) is 15.7. The van der Waals surface area contributed by atoms with E-state index in [2.05, 4.69) is 4.98 Å².